The smallest absolute Gasteiger partial charge is 0.274 e. The summed E-state index contributed by atoms with van der Waals surface area (Å²) in [6, 6.07) is 10.7. The van der Waals surface area contributed by atoms with Gasteiger partial charge in [-0.15, -0.1) is 11.3 Å². The van der Waals surface area contributed by atoms with Gasteiger partial charge in [-0.1, -0.05) is 30.3 Å². The highest BCUT2D eigenvalue weighted by Crippen LogP contribution is 2.26. The zero-order chi connectivity index (χ0) is 21.2. The van der Waals surface area contributed by atoms with Gasteiger partial charge in [0, 0.05) is 61.3 Å². The summed E-state index contributed by atoms with van der Waals surface area (Å²) in [6.45, 7) is 2.63. The first-order valence-electron chi connectivity index (χ1n) is 11.3. The van der Waals surface area contributed by atoms with Crippen LogP contribution in [-0.4, -0.2) is 51.2 Å². The average Bonchev–Trinajstić information content (AvgIpc) is 3.55. The first kappa shape index (κ1) is 20.4. The van der Waals surface area contributed by atoms with Crippen molar-refractivity contribution in [1.82, 2.24) is 25.0 Å². The van der Waals surface area contributed by atoms with Crippen LogP contribution in [-0.2, 0) is 26.3 Å². The van der Waals surface area contributed by atoms with E-state index in [-0.39, 0.29) is 5.91 Å². The second-order valence-electron chi connectivity index (χ2n) is 8.53. The van der Waals surface area contributed by atoms with E-state index >= 15 is 0 Å². The molecule has 2 aromatic heterocycles. The molecule has 31 heavy (non-hydrogen) atoms. The summed E-state index contributed by atoms with van der Waals surface area (Å²) < 4.78 is 1.93. The predicted octanol–water partition coefficient (Wildman–Crippen LogP) is 3.47. The number of amides is 1. The SMILES string of the molecule is Cn1nc(C(=O)N2CCCC2)c2c1CCC(NCCc1nc(-c3ccccc3)cs1)C2. The number of hydrogen-bond donors (Lipinski definition) is 1. The first-order valence-corrected chi connectivity index (χ1v) is 12.1. The van der Waals surface area contributed by atoms with Crippen LogP contribution in [0.4, 0.5) is 0 Å². The first-order chi connectivity index (χ1) is 15.2. The van der Waals surface area contributed by atoms with Gasteiger partial charge in [-0.3, -0.25) is 9.48 Å². The molecule has 3 aromatic rings. The van der Waals surface area contributed by atoms with Crippen molar-refractivity contribution in [2.75, 3.05) is 19.6 Å². The molecule has 1 fully saturated rings. The molecule has 3 heterocycles. The quantitative estimate of drug-likeness (QED) is 0.644. The number of likely N-dealkylation sites (tertiary alicyclic amines) is 1. The second-order valence-corrected chi connectivity index (χ2v) is 9.48. The maximum Gasteiger partial charge on any atom is 0.274 e. The molecule has 1 N–H and O–H groups in total. The monoisotopic (exact) mass is 435 g/mol. The van der Waals surface area contributed by atoms with Gasteiger partial charge in [0.1, 0.15) is 0 Å². The van der Waals surface area contributed by atoms with Crippen molar-refractivity contribution in [2.45, 2.75) is 44.6 Å². The van der Waals surface area contributed by atoms with Crippen LogP contribution in [0.2, 0.25) is 0 Å². The zero-order valence-electron chi connectivity index (χ0n) is 18.0. The molecular formula is C24H29N5OS. The van der Waals surface area contributed by atoms with Crippen molar-refractivity contribution in [3.8, 4) is 11.3 Å². The number of carbonyl (C=O) groups excluding carboxylic acids is 1. The van der Waals surface area contributed by atoms with Gasteiger partial charge in [-0.25, -0.2) is 4.98 Å². The summed E-state index contributed by atoms with van der Waals surface area (Å²) in [5, 5.41) is 11.6. The van der Waals surface area contributed by atoms with Gasteiger partial charge in [-0.05, 0) is 32.1 Å². The van der Waals surface area contributed by atoms with Crippen LogP contribution < -0.4 is 5.32 Å². The van der Waals surface area contributed by atoms with Crippen LogP contribution in [0.5, 0.6) is 0 Å². The molecule has 2 aliphatic rings. The summed E-state index contributed by atoms with van der Waals surface area (Å²) in [5.74, 6) is 0.117. The number of rotatable bonds is 6. The number of nitrogens with one attached hydrogen (secondary N) is 1. The van der Waals surface area contributed by atoms with Gasteiger partial charge < -0.3 is 10.2 Å². The van der Waals surface area contributed by atoms with Crippen LogP contribution in [0.3, 0.4) is 0 Å². The third-order valence-corrected chi connectivity index (χ3v) is 7.35. The van der Waals surface area contributed by atoms with Crippen LogP contribution in [0.25, 0.3) is 11.3 Å². The van der Waals surface area contributed by atoms with E-state index in [2.05, 4.69) is 40.1 Å². The number of hydrogen-bond acceptors (Lipinski definition) is 5. The Kier molecular flexibility index (Phi) is 5.87. The highest BCUT2D eigenvalue weighted by atomic mass is 32.1. The van der Waals surface area contributed by atoms with Gasteiger partial charge >= 0.3 is 0 Å². The number of aryl methyl sites for hydroxylation is 1. The van der Waals surface area contributed by atoms with Crippen LogP contribution in [0.1, 0.15) is 46.0 Å². The van der Waals surface area contributed by atoms with E-state index in [1.165, 1.54) is 11.3 Å². The molecule has 162 valence electrons. The van der Waals surface area contributed by atoms with E-state index in [0.29, 0.717) is 11.7 Å². The van der Waals surface area contributed by atoms with Crippen molar-refractivity contribution in [1.29, 1.82) is 0 Å². The summed E-state index contributed by atoms with van der Waals surface area (Å²) in [6.07, 6.45) is 6.07. The van der Waals surface area contributed by atoms with Crippen molar-refractivity contribution in [2.24, 2.45) is 7.05 Å². The minimum Gasteiger partial charge on any atom is -0.337 e. The molecule has 1 atom stereocenters. The van der Waals surface area contributed by atoms with Crippen molar-refractivity contribution < 1.29 is 4.79 Å². The molecule has 0 spiro atoms. The fraction of sp³-hybridized carbons (Fsp3) is 0.458. The lowest BCUT2D eigenvalue weighted by Gasteiger charge is -2.24. The highest BCUT2D eigenvalue weighted by Gasteiger charge is 2.31. The molecule has 1 unspecified atom stereocenters. The Morgan fingerprint density at radius 2 is 2.03 bits per heavy atom. The zero-order valence-corrected chi connectivity index (χ0v) is 18.8. The van der Waals surface area contributed by atoms with Crippen molar-refractivity contribution in [3.63, 3.8) is 0 Å². The number of nitrogens with zero attached hydrogens (tertiary/aromatic N) is 4. The fourth-order valence-electron chi connectivity index (χ4n) is 4.76. The molecule has 1 aromatic carbocycles. The summed E-state index contributed by atoms with van der Waals surface area (Å²) >= 11 is 1.73. The lowest BCUT2D eigenvalue weighted by atomic mass is 9.91. The minimum atomic E-state index is 0.117. The van der Waals surface area contributed by atoms with Crippen molar-refractivity contribution in [3.05, 3.63) is 57.7 Å². The number of aromatic nitrogens is 3. The van der Waals surface area contributed by atoms with E-state index in [9.17, 15) is 4.79 Å². The van der Waals surface area contributed by atoms with E-state index in [0.717, 1.165) is 74.4 Å². The molecule has 1 aliphatic heterocycles. The summed E-state index contributed by atoms with van der Waals surface area (Å²) in [4.78, 5) is 19.7. The molecular weight excluding hydrogens is 406 g/mol. The van der Waals surface area contributed by atoms with Crippen LogP contribution in [0, 0.1) is 0 Å². The summed E-state index contributed by atoms with van der Waals surface area (Å²) in [5.41, 5.74) is 5.29. The normalized spacial score (nSPS) is 18.4. The number of fused-ring (bicyclic) bond motifs is 1. The Morgan fingerprint density at radius 3 is 2.84 bits per heavy atom. The van der Waals surface area contributed by atoms with E-state index in [4.69, 9.17) is 4.98 Å². The van der Waals surface area contributed by atoms with E-state index in [1.54, 1.807) is 11.3 Å². The van der Waals surface area contributed by atoms with Crippen LogP contribution in [0.15, 0.2) is 35.7 Å². The number of carbonyl (C=O) groups is 1. The molecule has 1 saturated heterocycles. The third-order valence-electron chi connectivity index (χ3n) is 6.44. The molecule has 0 saturated carbocycles. The largest absolute Gasteiger partial charge is 0.337 e. The van der Waals surface area contributed by atoms with E-state index in [1.807, 2.05) is 22.7 Å². The molecule has 5 rings (SSSR count). The Balaban J connectivity index is 1.20. The molecule has 0 bridgehead atoms. The highest BCUT2D eigenvalue weighted by molar-refractivity contribution is 7.09. The lowest BCUT2D eigenvalue weighted by Crippen LogP contribution is -2.37. The molecule has 0 radical (unpaired) electrons. The maximum absolute atomic E-state index is 13.0. The Hall–Kier alpha value is -2.51. The summed E-state index contributed by atoms with van der Waals surface area (Å²) in [7, 11) is 1.97. The number of benzene rings is 1. The predicted molar refractivity (Wildman–Crippen MR) is 123 cm³/mol. The lowest BCUT2D eigenvalue weighted by molar-refractivity contribution is 0.0785. The standard InChI is InChI=1S/C24H29N5OS/c1-28-21-10-9-18(15-19(21)23(27-28)24(30)29-13-5-6-14-29)25-12-11-22-26-20(16-31-22)17-7-3-2-4-8-17/h2-4,7-8,16,18,25H,5-6,9-15H2,1H3. The Labute approximate surface area is 187 Å². The van der Waals surface area contributed by atoms with Gasteiger partial charge in [-0.2, -0.15) is 5.10 Å². The fourth-order valence-corrected chi connectivity index (χ4v) is 5.56. The van der Waals surface area contributed by atoms with Crippen LogP contribution >= 0.6 is 11.3 Å². The molecule has 6 nitrogen and oxygen atoms in total. The average molecular weight is 436 g/mol. The van der Waals surface area contributed by atoms with Gasteiger partial charge in [0.25, 0.3) is 5.91 Å². The van der Waals surface area contributed by atoms with E-state index < -0.39 is 0 Å². The second kappa shape index (κ2) is 8.93. The Bertz CT molecular complexity index is 1050. The molecule has 1 aliphatic carbocycles. The van der Waals surface area contributed by atoms with Crippen molar-refractivity contribution >= 4 is 17.2 Å². The molecule has 7 heteroatoms. The van der Waals surface area contributed by atoms with Gasteiger partial charge in [0.2, 0.25) is 0 Å². The third kappa shape index (κ3) is 4.29. The Morgan fingerprint density at radius 1 is 1.23 bits per heavy atom. The molecule has 1 amide bonds. The topological polar surface area (TPSA) is 63.1 Å². The van der Waals surface area contributed by atoms with Gasteiger partial charge in [0.05, 0.1) is 10.7 Å². The number of thiazole rings is 1. The minimum absolute atomic E-state index is 0.117. The maximum atomic E-state index is 13.0. The van der Waals surface area contributed by atoms with Gasteiger partial charge in [0.15, 0.2) is 5.69 Å².